The standard InChI is InChI=1S/C12H18O3/c1-8(2)11-5-4-10(6-12(11)14)7-15-9(3)13/h6,8,11H,4-5,7H2,1-3H3. The zero-order valence-electron chi connectivity index (χ0n) is 9.58. The number of esters is 1. The monoisotopic (exact) mass is 210 g/mol. The van der Waals surface area contributed by atoms with Gasteiger partial charge in [-0.25, -0.2) is 0 Å². The minimum absolute atomic E-state index is 0.145. The molecule has 0 aromatic heterocycles. The lowest BCUT2D eigenvalue weighted by molar-refractivity contribution is -0.140. The van der Waals surface area contributed by atoms with Gasteiger partial charge < -0.3 is 4.74 Å². The minimum Gasteiger partial charge on any atom is -0.461 e. The van der Waals surface area contributed by atoms with E-state index in [1.807, 2.05) is 0 Å². The lowest BCUT2D eigenvalue weighted by Gasteiger charge is -2.23. The van der Waals surface area contributed by atoms with Gasteiger partial charge in [-0.15, -0.1) is 0 Å². The molecule has 0 bridgehead atoms. The third-order valence-electron chi connectivity index (χ3n) is 2.75. The molecule has 1 unspecified atom stereocenters. The zero-order chi connectivity index (χ0) is 11.4. The molecule has 0 radical (unpaired) electrons. The Morgan fingerprint density at radius 3 is 2.73 bits per heavy atom. The van der Waals surface area contributed by atoms with Gasteiger partial charge in [-0.1, -0.05) is 13.8 Å². The summed E-state index contributed by atoms with van der Waals surface area (Å²) in [6.45, 7) is 5.77. The average Bonchev–Trinajstić information content (AvgIpc) is 2.14. The number of ether oxygens (including phenoxy) is 1. The first-order valence-corrected chi connectivity index (χ1v) is 5.37. The summed E-state index contributed by atoms with van der Waals surface area (Å²) in [4.78, 5) is 22.3. The van der Waals surface area contributed by atoms with E-state index < -0.39 is 0 Å². The number of carbonyl (C=O) groups is 2. The number of hydrogen-bond donors (Lipinski definition) is 0. The molecular formula is C12H18O3. The molecule has 0 heterocycles. The van der Waals surface area contributed by atoms with E-state index in [2.05, 4.69) is 13.8 Å². The van der Waals surface area contributed by atoms with Gasteiger partial charge in [0.05, 0.1) is 0 Å². The second-order valence-electron chi connectivity index (χ2n) is 4.37. The van der Waals surface area contributed by atoms with Crippen molar-refractivity contribution in [1.82, 2.24) is 0 Å². The highest BCUT2D eigenvalue weighted by Gasteiger charge is 2.25. The zero-order valence-corrected chi connectivity index (χ0v) is 9.58. The molecule has 3 nitrogen and oxygen atoms in total. The topological polar surface area (TPSA) is 43.4 Å². The second kappa shape index (κ2) is 5.10. The molecule has 0 fully saturated rings. The predicted molar refractivity (Wildman–Crippen MR) is 57.3 cm³/mol. The molecule has 0 saturated heterocycles. The molecule has 0 aromatic rings. The van der Waals surface area contributed by atoms with E-state index >= 15 is 0 Å². The molecule has 0 spiro atoms. The highest BCUT2D eigenvalue weighted by molar-refractivity contribution is 5.93. The van der Waals surface area contributed by atoms with Crippen molar-refractivity contribution >= 4 is 11.8 Å². The van der Waals surface area contributed by atoms with Gasteiger partial charge in [-0.05, 0) is 30.4 Å². The van der Waals surface area contributed by atoms with Crippen LogP contribution in [-0.4, -0.2) is 18.4 Å². The van der Waals surface area contributed by atoms with Crippen molar-refractivity contribution in [2.24, 2.45) is 11.8 Å². The van der Waals surface area contributed by atoms with Gasteiger partial charge in [0.25, 0.3) is 0 Å². The van der Waals surface area contributed by atoms with Crippen LogP contribution >= 0.6 is 0 Å². The number of hydrogen-bond acceptors (Lipinski definition) is 3. The maximum absolute atomic E-state index is 11.7. The van der Waals surface area contributed by atoms with Crippen LogP contribution in [0.4, 0.5) is 0 Å². The summed E-state index contributed by atoms with van der Waals surface area (Å²) in [6.07, 6.45) is 3.39. The van der Waals surface area contributed by atoms with Gasteiger partial charge in [-0.3, -0.25) is 9.59 Å². The SMILES string of the molecule is CC(=O)OCC1=CC(=O)C(C(C)C)CC1. The Morgan fingerprint density at radius 2 is 2.27 bits per heavy atom. The maximum Gasteiger partial charge on any atom is 0.302 e. The van der Waals surface area contributed by atoms with Gasteiger partial charge >= 0.3 is 5.97 Å². The van der Waals surface area contributed by atoms with Gasteiger partial charge in [0.15, 0.2) is 5.78 Å². The fraction of sp³-hybridized carbons (Fsp3) is 0.667. The van der Waals surface area contributed by atoms with Crippen molar-refractivity contribution in [3.8, 4) is 0 Å². The Bertz CT molecular complexity index is 289. The van der Waals surface area contributed by atoms with Crippen molar-refractivity contribution in [2.45, 2.75) is 33.6 Å². The van der Waals surface area contributed by atoms with E-state index in [4.69, 9.17) is 4.74 Å². The van der Waals surface area contributed by atoms with Crippen molar-refractivity contribution < 1.29 is 14.3 Å². The van der Waals surface area contributed by atoms with Crippen LogP contribution in [0.2, 0.25) is 0 Å². The fourth-order valence-electron chi connectivity index (χ4n) is 1.83. The number of carbonyl (C=O) groups excluding carboxylic acids is 2. The molecule has 1 aliphatic carbocycles. The van der Waals surface area contributed by atoms with E-state index in [9.17, 15) is 9.59 Å². The second-order valence-corrected chi connectivity index (χ2v) is 4.37. The van der Waals surface area contributed by atoms with Crippen molar-refractivity contribution in [2.75, 3.05) is 6.61 Å². The Balaban J connectivity index is 2.54. The third kappa shape index (κ3) is 3.50. The number of allylic oxidation sites excluding steroid dienone is 1. The van der Waals surface area contributed by atoms with E-state index in [0.717, 1.165) is 18.4 Å². The normalized spacial score (nSPS) is 21.5. The first-order chi connectivity index (χ1) is 7.00. The lowest BCUT2D eigenvalue weighted by Crippen LogP contribution is -2.23. The molecular weight excluding hydrogens is 192 g/mol. The van der Waals surface area contributed by atoms with Crippen LogP contribution in [0, 0.1) is 11.8 Å². The molecule has 1 aliphatic rings. The van der Waals surface area contributed by atoms with Crippen LogP contribution in [0.3, 0.4) is 0 Å². The average molecular weight is 210 g/mol. The molecule has 0 N–H and O–H groups in total. The summed E-state index contributed by atoms with van der Waals surface area (Å²) in [5.74, 6) is 0.419. The van der Waals surface area contributed by atoms with Crippen LogP contribution in [0.1, 0.15) is 33.6 Å². The van der Waals surface area contributed by atoms with E-state index in [-0.39, 0.29) is 24.3 Å². The summed E-state index contributed by atoms with van der Waals surface area (Å²) in [6, 6.07) is 0. The summed E-state index contributed by atoms with van der Waals surface area (Å²) in [5, 5.41) is 0. The molecule has 0 saturated carbocycles. The van der Waals surface area contributed by atoms with Crippen LogP contribution in [-0.2, 0) is 14.3 Å². The number of rotatable bonds is 3. The van der Waals surface area contributed by atoms with Crippen LogP contribution in [0.5, 0.6) is 0 Å². The van der Waals surface area contributed by atoms with Crippen LogP contribution in [0.25, 0.3) is 0 Å². The largest absolute Gasteiger partial charge is 0.461 e. The summed E-state index contributed by atoms with van der Waals surface area (Å²) >= 11 is 0. The van der Waals surface area contributed by atoms with E-state index in [1.165, 1.54) is 6.92 Å². The first-order valence-electron chi connectivity index (χ1n) is 5.37. The smallest absolute Gasteiger partial charge is 0.302 e. The molecule has 3 heteroatoms. The maximum atomic E-state index is 11.7. The Hall–Kier alpha value is -1.12. The van der Waals surface area contributed by atoms with Gasteiger partial charge in [-0.2, -0.15) is 0 Å². The molecule has 0 aromatic carbocycles. The van der Waals surface area contributed by atoms with Crippen LogP contribution < -0.4 is 0 Å². The Kier molecular flexibility index (Phi) is 4.06. The molecule has 84 valence electrons. The van der Waals surface area contributed by atoms with Gasteiger partial charge in [0.1, 0.15) is 6.61 Å². The predicted octanol–water partition coefficient (Wildman–Crippen LogP) is 2.11. The van der Waals surface area contributed by atoms with Crippen molar-refractivity contribution in [3.63, 3.8) is 0 Å². The minimum atomic E-state index is -0.297. The number of ketones is 1. The molecule has 1 rings (SSSR count). The highest BCUT2D eigenvalue weighted by atomic mass is 16.5. The molecule has 15 heavy (non-hydrogen) atoms. The summed E-state index contributed by atoms with van der Waals surface area (Å²) in [7, 11) is 0. The Morgan fingerprint density at radius 1 is 1.60 bits per heavy atom. The molecule has 0 amide bonds. The van der Waals surface area contributed by atoms with E-state index in [0.29, 0.717) is 5.92 Å². The summed E-state index contributed by atoms with van der Waals surface area (Å²) in [5.41, 5.74) is 0.937. The quantitative estimate of drug-likeness (QED) is 0.670. The van der Waals surface area contributed by atoms with Gasteiger partial charge in [0, 0.05) is 12.8 Å². The fourth-order valence-corrected chi connectivity index (χ4v) is 1.83. The Labute approximate surface area is 90.5 Å². The highest BCUT2D eigenvalue weighted by Crippen LogP contribution is 2.26. The van der Waals surface area contributed by atoms with E-state index in [1.54, 1.807) is 6.08 Å². The van der Waals surface area contributed by atoms with Gasteiger partial charge in [0.2, 0.25) is 0 Å². The van der Waals surface area contributed by atoms with Crippen LogP contribution in [0.15, 0.2) is 11.6 Å². The summed E-state index contributed by atoms with van der Waals surface area (Å²) < 4.78 is 4.87. The first kappa shape index (κ1) is 12.0. The van der Waals surface area contributed by atoms with Crippen molar-refractivity contribution in [1.29, 1.82) is 0 Å². The molecule has 0 aliphatic heterocycles. The third-order valence-corrected chi connectivity index (χ3v) is 2.75. The van der Waals surface area contributed by atoms with Crippen molar-refractivity contribution in [3.05, 3.63) is 11.6 Å². The lowest BCUT2D eigenvalue weighted by atomic mass is 9.81. The molecule has 1 atom stereocenters.